The van der Waals surface area contributed by atoms with Gasteiger partial charge in [0.15, 0.2) is 0 Å². The lowest BCUT2D eigenvalue weighted by Crippen LogP contribution is -2.50. The Labute approximate surface area is 130 Å². The molecule has 1 aromatic rings. The number of rotatable bonds is 6. The van der Waals surface area contributed by atoms with E-state index in [1.165, 1.54) is 4.31 Å². The summed E-state index contributed by atoms with van der Waals surface area (Å²) in [7, 11) is -3.51. The molecule has 0 aromatic heterocycles. The van der Waals surface area contributed by atoms with Crippen molar-refractivity contribution in [1.82, 2.24) is 9.21 Å². The summed E-state index contributed by atoms with van der Waals surface area (Å²) in [5, 5.41) is 0. The maximum absolute atomic E-state index is 12.6. The van der Waals surface area contributed by atoms with E-state index in [9.17, 15) is 13.2 Å². The molecule has 0 saturated carbocycles. The molecule has 1 heterocycles. The number of nitrogens with zero attached hydrogens (tertiary/aromatic N) is 2. The molecule has 1 saturated heterocycles. The van der Waals surface area contributed by atoms with Gasteiger partial charge < -0.3 is 10.5 Å². The molecular weight excluding hydrogens is 306 g/mol. The number of primary amides is 1. The highest BCUT2D eigenvalue weighted by atomic mass is 32.2. The fourth-order valence-electron chi connectivity index (χ4n) is 2.37. The van der Waals surface area contributed by atoms with Crippen LogP contribution in [0.5, 0.6) is 5.75 Å². The van der Waals surface area contributed by atoms with Crippen molar-refractivity contribution in [3.05, 3.63) is 24.3 Å². The Bertz CT molecular complexity index is 607. The highest BCUT2D eigenvalue weighted by Crippen LogP contribution is 2.20. The van der Waals surface area contributed by atoms with E-state index in [1.54, 1.807) is 24.3 Å². The summed E-state index contributed by atoms with van der Waals surface area (Å²) in [5.74, 6) is 0.246. The number of carbonyl (C=O) groups is 1. The van der Waals surface area contributed by atoms with Crippen molar-refractivity contribution >= 4 is 15.9 Å². The minimum absolute atomic E-state index is 0.164. The third kappa shape index (κ3) is 3.96. The third-order valence-electron chi connectivity index (χ3n) is 3.48. The van der Waals surface area contributed by atoms with Gasteiger partial charge in [0.25, 0.3) is 0 Å². The number of benzene rings is 1. The van der Waals surface area contributed by atoms with Gasteiger partial charge in [-0.15, -0.1) is 0 Å². The van der Waals surface area contributed by atoms with Crippen molar-refractivity contribution in [1.29, 1.82) is 0 Å². The molecule has 1 aliphatic heterocycles. The van der Waals surface area contributed by atoms with Crippen LogP contribution in [0.25, 0.3) is 0 Å². The fourth-order valence-corrected chi connectivity index (χ4v) is 3.79. The van der Waals surface area contributed by atoms with Crippen molar-refractivity contribution in [3.8, 4) is 5.75 Å². The van der Waals surface area contributed by atoms with Gasteiger partial charge in [-0.2, -0.15) is 4.31 Å². The van der Waals surface area contributed by atoms with Gasteiger partial charge in [-0.05, 0) is 31.2 Å². The second-order valence-electron chi connectivity index (χ2n) is 5.05. The van der Waals surface area contributed by atoms with Crippen LogP contribution in [0, 0.1) is 0 Å². The molecule has 22 heavy (non-hydrogen) atoms. The molecule has 122 valence electrons. The zero-order valence-electron chi connectivity index (χ0n) is 12.6. The molecule has 0 unspecified atom stereocenters. The summed E-state index contributed by atoms with van der Waals surface area (Å²) in [6.45, 7) is 4.27. The number of amides is 1. The predicted octanol–water partition coefficient (Wildman–Crippen LogP) is -0.123. The Morgan fingerprint density at radius 3 is 2.27 bits per heavy atom. The lowest BCUT2D eigenvalue weighted by atomic mass is 10.3. The molecule has 7 nitrogen and oxygen atoms in total. The van der Waals surface area contributed by atoms with E-state index in [4.69, 9.17) is 10.5 Å². The minimum Gasteiger partial charge on any atom is -0.494 e. The first-order chi connectivity index (χ1) is 10.4. The lowest BCUT2D eigenvalue weighted by molar-refractivity contribution is -0.119. The van der Waals surface area contributed by atoms with Crippen LogP contribution in [0.15, 0.2) is 29.2 Å². The first-order valence-electron chi connectivity index (χ1n) is 7.17. The van der Waals surface area contributed by atoms with Crippen molar-refractivity contribution in [2.75, 3.05) is 39.3 Å². The molecule has 0 radical (unpaired) electrons. The summed E-state index contributed by atoms with van der Waals surface area (Å²) in [4.78, 5) is 13.0. The van der Waals surface area contributed by atoms with E-state index >= 15 is 0 Å². The topological polar surface area (TPSA) is 92.9 Å². The molecule has 0 bridgehead atoms. The Hall–Kier alpha value is -1.64. The number of nitrogens with two attached hydrogens (primary N) is 1. The zero-order chi connectivity index (χ0) is 16.2. The first-order valence-corrected chi connectivity index (χ1v) is 8.61. The Kier molecular flexibility index (Phi) is 5.38. The summed E-state index contributed by atoms with van der Waals surface area (Å²) in [6.07, 6.45) is 0. The van der Waals surface area contributed by atoms with Crippen LogP contribution in [0.3, 0.4) is 0 Å². The molecule has 2 N–H and O–H groups in total. The SMILES string of the molecule is CCOc1ccc(S(=O)(=O)N2CCN(CC(N)=O)CC2)cc1. The number of hydrogen-bond donors (Lipinski definition) is 1. The van der Waals surface area contributed by atoms with Crippen molar-refractivity contribution < 1.29 is 17.9 Å². The normalized spacial score (nSPS) is 17.3. The number of carbonyl (C=O) groups excluding carboxylic acids is 1. The fraction of sp³-hybridized carbons (Fsp3) is 0.500. The largest absolute Gasteiger partial charge is 0.494 e. The number of piperazine rings is 1. The smallest absolute Gasteiger partial charge is 0.243 e. The molecule has 0 atom stereocenters. The molecule has 1 aliphatic rings. The van der Waals surface area contributed by atoms with Crippen LogP contribution in [0.1, 0.15) is 6.92 Å². The summed E-state index contributed by atoms with van der Waals surface area (Å²) >= 11 is 0. The average molecular weight is 327 g/mol. The van der Waals surface area contributed by atoms with Gasteiger partial charge in [-0.25, -0.2) is 8.42 Å². The maximum Gasteiger partial charge on any atom is 0.243 e. The Morgan fingerprint density at radius 2 is 1.77 bits per heavy atom. The molecule has 1 amide bonds. The Morgan fingerprint density at radius 1 is 1.18 bits per heavy atom. The van der Waals surface area contributed by atoms with Gasteiger partial charge in [-0.3, -0.25) is 9.69 Å². The van der Waals surface area contributed by atoms with Crippen LogP contribution in [0.2, 0.25) is 0 Å². The molecule has 1 fully saturated rings. The molecule has 0 aliphatic carbocycles. The van der Waals surface area contributed by atoms with Crippen LogP contribution in [-0.4, -0.2) is 62.9 Å². The number of hydrogen-bond acceptors (Lipinski definition) is 5. The second kappa shape index (κ2) is 7.08. The van der Waals surface area contributed by atoms with Gasteiger partial charge in [0.05, 0.1) is 18.0 Å². The van der Waals surface area contributed by atoms with E-state index in [2.05, 4.69) is 0 Å². The quantitative estimate of drug-likeness (QED) is 0.786. The van der Waals surface area contributed by atoms with Crippen LogP contribution >= 0.6 is 0 Å². The minimum atomic E-state index is -3.51. The van der Waals surface area contributed by atoms with Crippen LogP contribution < -0.4 is 10.5 Å². The van der Waals surface area contributed by atoms with Crippen molar-refractivity contribution in [2.45, 2.75) is 11.8 Å². The number of ether oxygens (including phenoxy) is 1. The van der Waals surface area contributed by atoms with Gasteiger partial charge in [0, 0.05) is 26.2 Å². The first kappa shape index (κ1) is 16.7. The van der Waals surface area contributed by atoms with Crippen molar-refractivity contribution in [2.24, 2.45) is 5.73 Å². The second-order valence-corrected chi connectivity index (χ2v) is 6.99. The molecule has 2 rings (SSSR count). The summed E-state index contributed by atoms with van der Waals surface area (Å²) < 4.78 is 31.9. The molecular formula is C14H21N3O4S. The van der Waals surface area contributed by atoms with Gasteiger partial charge >= 0.3 is 0 Å². The van der Waals surface area contributed by atoms with Crippen LogP contribution in [0.4, 0.5) is 0 Å². The average Bonchev–Trinajstić information content (AvgIpc) is 2.48. The van der Waals surface area contributed by atoms with Crippen LogP contribution in [-0.2, 0) is 14.8 Å². The predicted molar refractivity (Wildman–Crippen MR) is 82.0 cm³/mol. The van der Waals surface area contributed by atoms with E-state index in [-0.39, 0.29) is 11.4 Å². The molecule has 8 heteroatoms. The van der Waals surface area contributed by atoms with E-state index in [1.807, 2.05) is 11.8 Å². The van der Waals surface area contributed by atoms with Gasteiger partial charge in [0.2, 0.25) is 15.9 Å². The van der Waals surface area contributed by atoms with Crippen molar-refractivity contribution in [3.63, 3.8) is 0 Å². The maximum atomic E-state index is 12.6. The Balaban J connectivity index is 2.03. The molecule has 1 aromatic carbocycles. The third-order valence-corrected chi connectivity index (χ3v) is 5.40. The lowest BCUT2D eigenvalue weighted by Gasteiger charge is -2.33. The van der Waals surface area contributed by atoms with E-state index in [0.717, 1.165) is 0 Å². The van der Waals surface area contributed by atoms with E-state index < -0.39 is 15.9 Å². The molecule has 0 spiro atoms. The standard InChI is InChI=1S/C14H21N3O4S/c1-2-21-12-3-5-13(6-4-12)22(19,20)17-9-7-16(8-10-17)11-14(15)18/h3-6H,2,7-11H2,1H3,(H2,15,18). The zero-order valence-corrected chi connectivity index (χ0v) is 13.4. The highest BCUT2D eigenvalue weighted by Gasteiger charge is 2.28. The summed E-state index contributed by atoms with van der Waals surface area (Å²) in [6, 6.07) is 6.41. The van der Waals surface area contributed by atoms with Gasteiger partial charge in [-0.1, -0.05) is 0 Å². The monoisotopic (exact) mass is 327 g/mol. The number of sulfonamides is 1. The van der Waals surface area contributed by atoms with E-state index in [0.29, 0.717) is 38.5 Å². The van der Waals surface area contributed by atoms with Gasteiger partial charge in [0.1, 0.15) is 5.75 Å². The summed E-state index contributed by atoms with van der Waals surface area (Å²) in [5.41, 5.74) is 5.15. The highest BCUT2D eigenvalue weighted by molar-refractivity contribution is 7.89.